The molecule has 0 saturated heterocycles. The lowest BCUT2D eigenvalue weighted by Gasteiger charge is -2.39. The molecule has 2 heterocycles. The molecule has 0 amide bonds. The molecule has 0 bridgehead atoms. The normalized spacial score (nSPS) is 13.2. The zero-order chi connectivity index (χ0) is 49.2. The summed E-state index contributed by atoms with van der Waals surface area (Å²) in [4.78, 5) is 9.52. The molecule has 4 nitrogen and oxygen atoms in total. The highest BCUT2D eigenvalue weighted by molar-refractivity contribution is 6.23. The van der Waals surface area contributed by atoms with Crippen molar-refractivity contribution in [2.75, 3.05) is 33.7 Å². The molecule has 0 radical (unpaired) electrons. The average Bonchev–Trinajstić information content (AvgIpc) is 3.77. The van der Waals surface area contributed by atoms with Crippen LogP contribution in [-0.4, -0.2) is 14.1 Å². The second-order valence-corrected chi connectivity index (χ2v) is 19.9. The lowest BCUT2D eigenvalue weighted by molar-refractivity contribution is 1.13. The third kappa shape index (κ3) is 6.22. The van der Waals surface area contributed by atoms with Gasteiger partial charge in [0.2, 0.25) is 0 Å². The molecule has 0 fully saturated rings. The second-order valence-electron chi connectivity index (χ2n) is 19.9. The average molecular weight is 945 g/mol. The monoisotopic (exact) mass is 944 g/mol. The molecule has 2 aliphatic heterocycles. The first kappa shape index (κ1) is 42.1. The van der Waals surface area contributed by atoms with Crippen LogP contribution in [0.5, 0.6) is 0 Å². The quantitative estimate of drug-likeness (QED) is 0.159. The van der Waals surface area contributed by atoms with Gasteiger partial charge in [0.1, 0.15) is 0 Å². The molecular formula is C70H48N4. The Morgan fingerprint density at radius 2 is 0.689 bits per heavy atom. The van der Waals surface area contributed by atoms with Crippen LogP contribution in [0.1, 0.15) is 11.1 Å². The van der Waals surface area contributed by atoms with Gasteiger partial charge in [-0.05, 0) is 185 Å². The minimum absolute atomic E-state index is 1.08. The summed E-state index contributed by atoms with van der Waals surface area (Å²) in [6, 6.07) is 89.9. The van der Waals surface area contributed by atoms with Gasteiger partial charge in [-0.25, -0.2) is 0 Å². The predicted molar refractivity (Wildman–Crippen MR) is 314 cm³/mol. The molecule has 0 aromatic heterocycles. The Morgan fingerprint density at radius 3 is 1.24 bits per heavy atom. The number of rotatable bonds is 5. The number of anilines is 10. The molecule has 15 rings (SSSR count). The Kier molecular flexibility index (Phi) is 9.21. The molecule has 12 aromatic carbocycles. The van der Waals surface area contributed by atoms with Gasteiger partial charge in [-0.1, -0.05) is 158 Å². The summed E-state index contributed by atoms with van der Waals surface area (Å²) in [6.07, 6.45) is 0. The van der Waals surface area contributed by atoms with E-state index >= 15 is 0 Å². The van der Waals surface area contributed by atoms with Crippen molar-refractivity contribution in [2.45, 2.75) is 0 Å². The number of hydrogen-bond donors (Lipinski definition) is 0. The largest absolute Gasteiger partial charge is 0.341 e. The van der Waals surface area contributed by atoms with Crippen LogP contribution in [0.15, 0.2) is 249 Å². The van der Waals surface area contributed by atoms with E-state index in [4.69, 9.17) is 0 Å². The molecule has 0 atom stereocenters. The Morgan fingerprint density at radius 1 is 0.270 bits per heavy atom. The topological polar surface area (TPSA) is 13.0 Å². The maximum absolute atomic E-state index is 4.59. The van der Waals surface area contributed by atoms with E-state index in [2.05, 4.69) is 283 Å². The zero-order valence-corrected chi connectivity index (χ0v) is 41.1. The van der Waals surface area contributed by atoms with Gasteiger partial charge in [0.25, 0.3) is 0 Å². The van der Waals surface area contributed by atoms with Gasteiger partial charge in [0, 0.05) is 25.5 Å². The number of nitrogens with zero attached hydrogens (tertiary/aromatic N) is 4. The summed E-state index contributed by atoms with van der Waals surface area (Å²) in [5.41, 5.74) is 24.5. The highest BCUT2D eigenvalue weighted by atomic mass is 15.3. The maximum atomic E-state index is 4.59. The summed E-state index contributed by atoms with van der Waals surface area (Å²) in [6.45, 7) is 4.59. The van der Waals surface area contributed by atoms with E-state index in [1.165, 1.54) is 76.8 Å². The van der Waals surface area contributed by atoms with Crippen LogP contribution in [0.2, 0.25) is 0 Å². The van der Waals surface area contributed by atoms with Crippen LogP contribution in [0, 0.1) is 0 Å². The SMILES string of the molecule is C=C1c2ccccc2-c2ccc(-c3cccc(-c4c5ccc(N6c7ccccc7N(C)c7ccccc76)cc5c(-c5ccc6ccccc6c5)c5ccc(N6c7ccccc7N(C)c7ccccc76)cc45)c3)cc21. The van der Waals surface area contributed by atoms with Crippen LogP contribution < -0.4 is 19.6 Å². The van der Waals surface area contributed by atoms with Gasteiger partial charge in [0.05, 0.1) is 45.5 Å². The van der Waals surface area contributed by atoms with Crippen molar-refractivity contribution >= 4 is 94.8 Å². The van der Waals surface area contributed by atoms with Crippen molar-refractivity contribution in [2.24, 2.45) is 0 Å². The van der Waals surface area contributed by atoms with E-state index in [0.29, 0.717) is 0 Å². The zero-order valence-electron chi connectivity index (χ0n) is 41.1. The Bertz CT molecular complexity index is 4260. The summed E-state index contributed by atoms with van der Waals surface area (Å²) >= 11 is 0. The van der Waals surface area contributed by atoms with Crippen LogP contribution in [-0.2, 0) is 0 Å². The minimum atomic E-state index is 1.08. The van der Waals surface area contributed by atoms with Crippen molar-refractivity contribution in [1.82, 2.24) is 0 Å². The fourth-order valence-corrected chi connectivity index (χ4v) is 12.5. The molecule has 0 spiro atoms. The maximum Gasteiger partial charge on any atom is 0.0699 e. The molecule has 74 heavy (non-hydrogen) atoms. The second kappa shape index (κ2) is 16.2. The smallest absolute Gasteiger partial charge is 0.0699 e. The molecule has 348 valence electrons. The number of fused-ring (bicyclic) bond motifs is 10. The number of para-hydroxylation sites is 8. The summed E-state index contributed by atoms with van der Waals surface area (Å²) < 4.78 is 0. The predicted octanol–water partition coefficient (Wildman–Crippen LogP) is 19.3. The highest BCUT2D eigenvalue weighted by Crippen LogP contribution is 2.55. The third-order valence-corrected chi connectivity index (χ3v) is 15.9. The van der Waals surface area contributed by atoms with Crippen molar-refractivity contribution in [1.29, 1.82) is 0 Å². The number of benzene rings is 12. The molecule has 3 aliphatic rings. The van der Waals surface area contributed by atoms with Crippen molar-refractivity contribution in [3.05, 3.63) is 260 Å². The van der Waals surface area contributed by atoms with E-state index in [0.717, 1.165) is 73.6 Å². The lowest BCUT2D eigenvalue weighted by Crippen LogP contribution is -2.24. The van der Waals surface area contributed by atoms with Gasteiger partial charge in [-0.3, -0.25) is 0 Å². The fourth-order valence-electron chi connectivity index (χ4n) is 12.5. The van der Waals surface area contributed by atoms with Crippen LogP contribution in [0.3, 0.4) is 0 Å². The Hall–Kier alpha value is -9.64. The molecule has 1 aliphatic carbocycles. The van der Waals surface area contributed by atoms with Crippen molar-refractivity contribution in [3.63, 3.8) is 0 Å². The van der Waals surface area contributed by atoms with Crippen molar-refractivity contribution in [3.8, 4) is 44.5 Å². The van der Waals surface area contributed by atoms with Crippen molar-refractivity contribution < 1.29 is 0 Å². The number of hydrogen-bond acceptors (Lipinski definition) is 4. The summed E-state index contributed by atoms with van der Waals surface area (Å²) in [7, 11) is 4.34. The van der Waals surface area contributed by atoms with Gasteiger partial charge in [-0.15, -0.1) is 0 Å². The summed E-state index contributed by atoms with van der Waals surface area (Å²) in [5, 5.41) is 7.18. The first-order valence-electron chi connectivity index (χ1n) is 25.5. The van der Waals surface area contributed by atoms with E-state index in [1.54, 1.807) is 0 Å². The third-order valence-electron chi connectivity index (χ3n) is 15.9. The van der Waals surface area contributed by atoms with Crippen LogP contribution in [0.4, 0.5) is 56.9 Å². The van der Waals surface area contributed by atoms with E-state index < -0.39 is 0 Å². The first-order chi connectivity index (χ1) is 36.5. The van der Waals surface area contributed by atoms with E-state index in [1.807, 2.05) is 0 Å². The van der Waals surface area contributed by atoms with Gasteiger partial charge >= 0.3 is 0 Å². The first-order valence-corrected chi connectivity index (χ1v) is 25.5. The highest BCUT2D eigenvalue weighted by Gasteiger charge is 2.31. The molecule has 0 saturated carbocycles. The molecular weight excluding hydrogens is 897 g/mol. The van der Waals surface area contributed by atoms with Gasteiger partial charge < -0.3 is 19.6 Å². The van der Waals surface area contributed by atoms with Gasteiger partial charge in [0.15, 0.2) is 0 Å². The Balaban J connectivity index is 1.03. The van der Waals surface area contributed by atoms with Gasteiger partial charge in [-0.2, -0.15) is 0 Å². The van der Waals surface area contributed by atoms with E-state index in [9.17, 15) is 0 Å². The molecule has 4 heteroatoms. The minimum Gasteiger partial charge on any atom is -0.341 e. The molecule has 12 aromatic rings. The van der Waals surface area contributed by atoms with Crippen LogP contribution >= 0.6 is 0 Å². The standard InChI is InChI=1S/C70H48N4/c1-44-53-21-6-7-22-54(53)55-36-33-48(41-58(44)55)47-19-16-20-49(40-47)69-56-37-34-52(74-67-29-14-10-25-63(67)72(3)64-26-11-15-30-68(64)74)43-60(56)70(50-32-31-45-17-4-5-18-46(45)39-50)57-38-35-51(42-59(57)69)73-65-27-12-8-23-61(65)71(2)62-24-9-13-28-66(62)73/h4-43H,1H2,2-3H3. The summed E-state index contributed by atoms with van der Waals surface area (Å²) in [5.74, 6) is 0. The molecule has 0 unspecified atom stereocenters. The fraction of sp³-hybridized carbons (Fsp3) is 0.0286. The molecule has 0 N–H and O–H groups in total. The lowest BCUT2D eigenvalue weighted by atomic mass is 9.84. The Labute approximate surface area is 431 Å². The van der Waals surface area contributed by atoms with E-state index in [-0.39, 0.29) is 0 Å². The van der Waals surface area contributed by atoms with Crippen LogP contribution in [0.25, 0.3) is 82.4 Å².